The Morgan fingerprint density at radius 3 is 2.95 bits per heavy atom. The zero-order valence-electron chi connectivity index (χ0n) is 13.3. The molecular formula is C17H25N3O2. The van der Waals surface area contributed by atoms with Crippen LogP contribution in [-0.2, 0) is 11.3 Å². The normalized spacial score (nSPS) is 15.9. The summed E-state index contributed by atoms with van der Waals surface area (Å²) in [6.45, 7) is 5.83. The first-order valence-corrected chi connectivity index (χ1v) is 7.93. The van der Waals surface area contributed by atoms with Gasteiger partial charge in [0.1, 0.15) is 6.61 Å². The van der Waals surface area contributed by atoms with E-state index in [4.69, 9.17) is 4.74 Å². The molecule has 5 nitrogen and oxygen atoms in total. The van der Waals surface area contributed by atoms with Crippen molar-refractivity contribution < 1.29 is 9.53 Å². The first kappa shape index (κ1) is 16.5. The summed E-state index contributed by atoms with van der Waals surface area (Å²) in [5.41, 5.74) is 1.24. The standard InChI is InChI=1S/C17H25N3O2/c1-15(21)18-8-3-6-12-22-17-13-16(7-9-19-17)14-20-10-4-2-5-11-20/h3,6-7,9,13H,2,4-5,8,10-12,14H2,1H3,(H,18,21)/b6-3+. The first-order chi connectivity index (χ1) is 10.7. The maximum absolute atomic E-state index is 10.7. The van der Waals surface area contributed by atoms with Gasteiger partial charge in [-0.1, -0.05) is 12.5 Å². The number of carbonyl (C=O) groups is 1. The van der Waals surface area contributed by atoms with Crippen molar-refractivity contribution in [1.29, 1.82) is 0 Å². The van der Waals surface area contributed by atoms with Crippen LogP contribution in [0.5, 0.6) is 5.88 Å². The van der Waals surface area contributed by atoms with E-state index < -0.39 is 0 Å². The van der Waals surface area contributed by atoms with E-state index in [0.717, 1.165) is 6.54 Å². The maximum Gasteiger partial charge on any atom is 0.217 e. The molecule has 1 amide bonds. The first-order valence-electron chi connectivity index (χ1n) is 7.93. The van der Waals surface area contributed by atoms with Crippen LogP contribution < -0.4 is 10.1 Å². The molecule has 1 saturated heterocycles. The van der Waals surface area contributed by atoms with Crippen LogP contribution in [0.1, 0.15) is 31.7 Å². The van der Waals surface area contributed by atoms with E-state index in [1.807, 2.05) is 24.3 Å². The number of hydrogen-bond donors (Lipinski definition) is 1. The van der Waals surface area contributed by atoms with Gasteiger partial charge in [-0.2, -0.15) is 0 Å². The van der Waals surface area contributed by atoms with Crippen molar-refractivity contribution in [1.82, 2.24) is 15.2 Å². The van der Waals surface area contributed by atoms with Gasteiger partial charge < -0.3 is 10.1 Å². The fraction of sp³-hybridized carbons (Fsp3) is 0.529. The second kappa shape index (κ2) is 9.20. The van der Waals surface area contributed by atoms with Gasteiger partial charge in [0.25, 0.3) is 0 Å². The zero-order valence-corrected chi connectivity index (χ0v) is 13.3. The van der Waals surface area contributed by atoms with Gasteiger partial charge in [-0.25, -0.2) is 4.98 Å². The largest absolute Gasteiger partial charge is 0.473 e. The van der Waals surface area contributed by atoms with E-state index in [2.05, 4.69) is 15.2 Å². The molecule has 2 heterocycles. The van der Waals surface area contributed by atoms with Crippen LogP contribution in [0, 0.1) is 0 Å². The van der Waals surface area contributed by atoms with Gasteiger partial charge in [-0.3, -0.25) is 9.69 Å². The minimum atomic E-state index is -0.0300. The Bertz CT molecular complexity index is 496. The minimum absolute atomic E-state index is 0.0300. The van der Waals surface area contributed by atoms with Crippen LogP contribution in [-0.4, -0.2) is 42.0 Å². The van der Waals surface area contributed by atoms with E-state index in [0.29, 0.717) is 19.0 Å². The number of rotatable bonds is 7. The van der Waals surface area contributed by atoms with Gasteiger partial charge in [-0.05, 0) is 43.6 Å². The van der Waals surface area contributed by atoms with Gasteiger partial charge >= 0.3 is 0 Å². The lowest BCUT2D eigenvalue weighted by Gasteiger charge is -2.26. The Balaban J connectivity index is 1.74. The molecular weight excluding hydrogens is 278 g/mol. The summed E-state index contributed by atoms with van der Waals surface area (Å²) >= 11 is 0. The Morgan fingerprint density at radius 1 is 1.36 bits per heavy atom. The smallest absolute Gasteiger partial charge is 0.217 e. The maximum atomic E-state index is 10.7. The Morgan fingerprint density at radius 2 is 2.18 bits per heavy atom. The molecule has 0 atom stereocenters. The van der Waals surface area contributed by atoms with E-state index in [-0.39, 0.29) is 5.91 Å². The monoisotopic (exact) mass is 303 g/mol. The fourth-order valence-corrected chi connectivity index (χ4v) is 2.49. The molecule has 1 aliphatic rings. The minimum Gasteiger partial charge on any atom is -0.473 e. The van der Waals surface area contributed by atoms with Gasteiger partial charge in [0.15, 0.2) is 0 Å². The van der Waals surface area contributed by atoms with Crippen molar-refractivity contribution in [2.45, 2.75) is 32.7 Å². The Hall–Kier alpha value is -1.88. The number of aromatic nitrogens is 1. The molecule has 0 aliphatic carbocycles. The lowest BCUT2D eigenvalue weighted by atomic mass is 10.1. The quantitative estimate of drug-likeness (QED) is 0.784. The molecule has 0 unspecified atom stereocenters. The van der Waals surface area contributed by atoms with Gasteiger partial charge in [-0.15, -0.1) is 0 Å². The molecule has 2 rings (SSSR count). The van der Waals surface area contributed by atoms with Crippen molar-refractivity contribution in [3.8, 4) is 5.88 Å². The average Bonchev–Trinajstić information content (AvgIpc) is 2.52. The van der Waals surface area contributed by atoms with Crippen molar-refractivity contribution in [2.24, 2.45) is 0 Å². The topological polar surface area (TPSA) is 54.5 Å². The number of nitrogens with one attached hydrogen (secondary N) is 1. The third kappa shape index (κ3) is 6.26. The summed E-state index contributed by atoms with van der Waals surface area (Å²) < 4.78 is 5.61. The molecule has 1 N–H and O–H groups in total. The molecule has 1 fully saturated rings. The number of nitrogens with zero attached hydrogens (tertiary/aromatic N) is 2. The Kier molecular flexibility index (Phi) is 6.90. The van der Waals surface area contributed by atoms with Crippen LogP contribution in [0.4, 0.5) is 0 Å². The summed E-state index contributed by atoms with van der Waals surface area (Å²) in [5, 5.41) is 2.70. The Labute approximate surface area is 132 Å². The van der Waals surface area contributed by atoms with Crippen molar-refractivity contribution in [2.75, 3.05) is 26.2 Å². The predicted octanol–water partition coefficient (Wildman–Crippen LogP) is 2.14. The van der Waals surface area contributed by atoms with Crippen LogP contribution in [0.2, 0.25) is 0 Å². The van der Waals surface area contributed by atoms with Gasteiger partial charge in [0.2, 0.25) is 11.8 Å². The van der Waals surface area contributed by atoms with Gasteiger partial charge in [0, 0.05) is 32.3 Å². The third-order valence-electron chi connectivity index (χ3n) is 3.62. The number of amides is 1. The van der Waals surface area contributed by atoms with Crippen molar-refractivity contribution in [3.05, 3.63) is 36.0 Å². The summed E-state index contributed by atoms with van der Waals surface area (Å²) in [5.74, 6) is 0.622. The molecule has 0 saturated carbocycles. The molecule has 0 bridgehead atoms. The van der Waals surface area contributed by atoms with E-state index in [1.54, 1.807) is 6.20 Å². The van der Waals surface area contributed by atoms with Crippen molar-refractivity contribution in [3.63, 3.8) is 0 Å². The average molecular weight is 303 g/mol. The van der Waals surface area contributed by atoms with E-state index >= 15 is 0 Å². The lowest BCUT2D eigenvalue weighted by molar-refractivity contribution is -0.118. The lowest BCUT2D eigenvalue weighted by Crippen LogP contribution is -2.29. The predicted molar refractivity (Wildman–Crippen MR) is 86.7 cm³/mol. The molecule has 5 heteroatoms. The number of likely N-dealkylation sites (tertiary alicyclic amines) is 1. The summed E-state index contributed by atoms with van der Waals surface area (Å²) in [7, 11) is 0. The second-order valence-electron chi connectivity index (χ2n) is 5.56. The molecule has 1 aromatic rings. The van der Waals surface area contributed by atoms with E-state index in [9.17, 15) is 4.79 Å². The van der Waals surface area contributed by atoms with Gasteiger partial charge in [0.05, 0.1) is 0 Å². The highest BCUT2D eigenvalue weighted by Gasteiger charge is 2.10. The van der Waals surface area contributed by atoms with Crippen LogP contribution in [0.3, 0.4) is 0 Å². The highest BCUT2D eigenvalue weighted by molar-refractivity contribution is 5.72. The molecule has 22 heavy (non-hydrogen) atoms. The van der Waals surface area contributed by atoms with Crippen LogP contribution in [0.25, 0.3) is 0 Å². The van der Waals surface area contributed by atoms with E-state index in [1.165, 1.54) is 44.8 Å². The highest BCUT2D eigenvalue weighted by Crippen LogP contribution is 2.15. The molecule has 0 spiro atoms. The second-order valence-corrected chi connectivity index (χ2v) is 5.56. The number of carbonyl (C=O) groups excluding carboxylic acids is 1. The molecule has 1 aromatic heterocycles. The molecule has 120 valence electrons. The van der Waals surface area contributed by atoms with Crippen LogP contribution in [0.15, 0.2) is 30.5 Å². The summed E-state index contributed by atoms with van der Waals surface area (Å²) in [6.07, 6.45) is 9.51. The third-order valence-corrected chi connectivity index (χ3v) is 3.62. The van der Waals surface area contributed by atoms with Crippen molar-refractivity contribution >= 4 is 5.91 Å². The summed E-state index contributed by atoms with van der Waals surface area (Å²) in [6, 6.07) is 4.06. The number of hydrogen-bond acceptors (Lipinski definition) is 4. The number of pyridine rings is 1. The molecule has 0 radical (unpaired) electrons. The number of piperidine rings is 1. The zero-order chi connectivity index (χ0) is 15.6. The van der Waals surface area contributed by atoms with Crippen LogP contribution >= 0.6 is 0 Å². The SMILES string of the molecule is CC(=O)NC/C=C/COc1cc(CN2CCCCC2)ccn1. The summed E-state index contributed by atoms with van der Waals surface area (Å²) in [4.78, 5) is 17.4. The number of ether oxygens (including phenoxy) is 1. The fourth-order valence-electron chi connectivity index (χ4n) is 2.49. The molecule has 1 aliphatic heterocycles. The molecule has 0 aromatic carbocycles. The highest BCUT2D eigenvalue weighted by atomic mass is 16.5.